The molecule has 0 unspecified atom stereocenters. The molecule has 0 aromatic heterocycles. The highest BCUT2D eigenvalue weighted by Gasteiger charge is 2.23. The third-order valence-electron chi connectivity index (χ3n) is 3.77. The quantitative estimate of drug-likeness (QED) is 0.336. The van der Waals surface area contributed by atoms with Crippen molar-refractivity contribution in [3.63, 3.8) is 0 Å². The molecule has 2 nitrogen and oxygen atoms in total. The van der Waals surface area contributed by atoms with E-state index < -0.39 is 0 Å². The lowest BCUT2D eigenvalue weighted by atomic mass is 10.1. The molecule has 1 aliphatic heterocycles. The van der Waals surface area contributed by atoms with Gasteiger partial charge in [0, 0.05) is 16.5 Å². The van der Waals surface area contributed by atoms with Gasteiger partial charge in [-0.05, 0) is 35.4 Å². The summed E-state index contributed by atoms with van der Waals surface area (Å²) in [6, 6.07) is 16.8. The van der Waals surface area contributed by atoms with E-state index in [0.717, 1.165) is 26.9 Å². The Labute approximate surface area is 172 Å². The van der Waals surface area contributed by atoms with Crippen LogP contribution in [-0.2, 0) is 9.59 Å². The summed E-state index contributed by atoms with van der Waals surface area (Å²) in [7, 11) is 0. The maximum Gasteiger partial charge on any atom is 0.191 e. The number of rotatable bonds is 6. The molecule has 1 aliphatic rings. The van der Waals surface area contributed by atoms with E-state index in [1.165, 1.54) is 12.2 Å². The fourth-order valence-corrected chi connectivity index (χ4v) is 5.11. The molecule has 0 amide bonds. The van der Waals surface area contributed by atoms with E-state index in [1.807, 2.05) is 42.5 Å². The fourth-order valence-electron chi connectivity index (χ4n) is 2.43. The van der Waals surface area contributed by atoms with Crippen molar-refractivity contribution in [3.8, 4) is 0 Å². The fraction of sp³-hybridized carbons (Fsp3) is 0.0909. The minimum atomic E-state index is -0.274. The van der Waals surface area contributed by atoms with E-state index >= 15 is 0 Å². The van der Waals surface area contributed by atoms with Crippen LogP contribution in [0.25, 0.3) is 12.2 Å². The van der Waals surface area contributed by atoms with Crippen molar-refractivity contribution >= 4 is 58.8 Å². The van der Waals surface area contributed by atoms with Gasteiger partial charge in [-0.3, -0.25) is 9.59 Å². The van der Waals surface area contributed by atoms with Crippen LogP contribution in [0.2, 0.25) is 5.02 Å². The number of ketones is 2. The first-order valence-corrected chi connectivity index (χ1v) is 10.7. The van der Waals surface area contributed by atoms with Crippen LogP contribution >= 0.6 is 35.1 Å². The predicted molar refractivity (Wildman–Crippen MR) is 118 cm³/mol. The lowest BCUT2D eigenvalue weighted by Gasteiger charge is -2.04. The Balaban J connectivity index is 1.82. The van der Waals surface area contributed by atoms with Crippen molar-refractivity contribution in [1.29, 1.82) is 0 Å². The van der Waals surface area contributed by atoms with Crippen LogP contribution in [0.3, 0.4) is 0 Å². The molecule has 0 aliphatic carbocycles. The van der Waals surface area contributed by atoms with Crippen molar-refractivity contribution in [1.82, 2.24) is 0 Å². The molecule has 0 radical (unpaired) electrons. The number of thioether (sulfide) groups is 2. The molecule has 2 aromatic rings. The molecule has 1 heterocycles. The normalized spacial score (nSPS) is 14.2. The molecule has 27 heavy (non-hydrogen) atoms. The van der Waals surface area contributed by atoms with Gasteiger partial charge in [0.05, 0.1) is 9.81 Å². The number of halogens is 1. The Morgan fingerprint density at radius 1 is 0.778 bits per heavy atom. The molecule has 0 bridgehead atoms. The standard InChI is InChI=1S/C22H17ClO2S2/c23-18-10-6-17(7-11-18)9-13-20(25)21(22-26-14-15-27-22)19(24)12-8-16-4-2-1-3-5-16/h1-13H,14-15H2/b12-8+,13-9+. The summed E-state index contributed by atoms with van der Waals surface area (Å²) < 4.78 is 0.809. The van der Waals surface area contributed by atoms with Crippen LogP contribution in [-0.4, -0.2) is 23.1 Å². The van der Waals surface area contributed by atoms with Crippen LogP contribution < -0.4 is 0 Å². The zero-order valence-corrected chi connectivity index (χ0v) is 16.8. The zero-order chi connectivity index (χ0) is 19.1. The van der Waals surface area contributed by atoms with Gasteiger partial charge >= 0.3 is 0 Å². The largest absolute Gasteiger partial charge is 0.289 e. The van der Waals surface area contributed by atoms with Gasteiger partial charge in [0.25, 0.3) is 0 Å². The minimum absolute atomic E-state index is 0.250. The predicted octanol–water partition coefficient (Wildman–Crippen LogP) is 5.90. The van der Waals surface area contributed by atoms with Gasteiger partial charge in [0.1, 0.15) is 0 Å². The number of carbonyl (C=O) groups excluding carboxylic acids is 2. The first-order chi connectivity index (χ1) is 13.1. The molecular formula is C22H17ClO2S2. The molecule has 3 rings (SSSR count). The molecule has 2 aromatic carbocycles. The number of carbonyl (C=O) groups is 2. The smallest absolute Gasteiger partial charge is 0.191 e. The van der Waals surface area contributed by atoms with E-state index in [-0.39, 0.29) is 17.1 Å². The van der Waals surface area contributed by atoms with Crippen molar-refractivity contribution < 1.29 is 9.59 Å². The topological polar surface area (TPSA) is 34.1 Å². The first kappa shape index (κ1) is 19.7. The zero-order valence-electron chi connectivity index (χ0n) is 14.4. The van der Waals surface area contributed by atoms with Crippen LogP contribution in [0.5, 0.6) is 0 Å². The van der Waals surface area contributed by atoms with Gasteiger partial charge < -0.3 is 0 Å². The number of allylic oxidation sites excluding steroid dienone is 3. The Morgan fingerprint density at radius 2 is 1.30 bits per heavy atom. The highest BCUT2D eigenvalue weighted by atomic mass is 35.5. The number of benzene rings is 2. The molecule has 5 heteroatoms. The van der Waals surface area contributed by atoms with E-state index in [1.54, 1.807) is 47.8 Å². The summed E-state index contributed by atoms with van der Waals surface area (Å²) in [5.74, 6) is 1.28. The maximum absolute atomic E-state index is 12.8. The average molecular weight is 413 g/mol. The third-order valence-corrected chi connectivity index (χ3v) is 6.74. The van der Waals surface area contributed by atoms with Gasteiger partial charge in [0.2, 0.25) is 0 Å². The summed E-state index contributed by atoms with van der Waals surface area (Å²) in [6.45, 7) is 0. The van der Waals surface area contributed by atoms with Crippen molar-refractivity contribution in [2.24, 2.45) is 0 Å². The maximum atomic E-state index is 12.8. The number of hydrogen-bond acceptors (Lipinski definition) is 4. The second kappa shape index (κ2) is 9.79. The second-order valence-electron chi connectivity index (χ2n) is 5.72. The summed E-state index contributed by atoms with van der Waals surface area (Å²) in [6.07, 6.45) is 6.38. The Hall–Kier alpha value is -2.01. The molecule has 0 atom stereocenters. The number of hydrogen-bond donors (Lipinski definition) is 0. The molecule has 0 N–H and O–H groups in total. The van der Waals surface area contributed by atoms with Gasteiger partial charge in [-0.25, -0.2) is 0 Å². The van der Waals surface area contributed by atoms with E-state index in [4.69, 9.17) is 11.6 Å². The molecular weight excluding hydrogens is 396 g/mol. The van der Waals surface area contributed by atoms with Crippen LogP contribution in [0.1, 0.15) is 11.1 Å². The van der Waals surface area contributed by atoms with E-state index in [2.05, 4.69) is 0 Å². The van der Waals surface area contributed by atoms with Crippen LogP contribution in [0.4, 0.5) is 0 Å². The van der Waals surface area contributed by atoms with Crippen molar-refractivity contribution in [2.45, 2.75) is 0 Å². The van der Waals surface area contributed by atoms with Gasteiger partial charge in [-0.1, -0.05) is 66.2 Å². The SMILES string of the molecule is O=C(/C=C/c1ccccc1)C(C(=O)/C=C/c1ccc(Cl)cc1)=C1SCCS1. The highest BCUT2D eigenvalue weighted by molar-refractivity contribution is 8.25. The molecule has 136 valence electrons. The molecule has 1 fully saturated rings. The minimum Gasteiger partial charge on any atom is -0.289 e. The average Bonchev–Trinajstić information content (AvgIpc) is 3.21. The summed E-state index contributed by atoms with van der Waals surface area (Å²) in [5, 5.41) is 0.640. The Kier molecular flexibility index (Phi) is 7.16. The summed E-state index contributed by atoms with van der Waals surface area (Å²) in [4.78, 5) is 25.5. The highest BCUT2D eigenvalue weighted by Crippen LogP contribution is 2.39. The van der Waals surface area contributed by atoms with Crippen LogP contribution in [0.15, 0.2) is 76.6 Å². The van der Waals surface area contributed by atoms with Gasteiger partial charge in [-0.2, -0.15) is 0 Å². The molecule has 0 spiro atoms. The van der Waals surface area contributed by atoms with Gasteiger partial charge in [-0.15, -0.1) is 23.5 Å². The van der Waals surface area contributed by atoms with Gasteiger partial charge in [0.15, 0.2) is 11.6 Å². The Morgan fingerprint density at radius 3 is 1.85 bits per heavy atom. The second-order valence-corrected chi connectivity index (χ2v) is 8.62. The molecule has 0 saturated carbocycles. The van der Waals surface area contributed by atoms with Crippen molar-refractivity contribution in [3.05, 3.63) is 92.7 Å². The van der Waals surface area contributed by atoms with E-state index in [0.29, 0.717) is 5.02 Å². The van der Waals surface area contributed by atoms with Crippen LogP contribution in [0, 0.1) is 0 Å². The molecule has 1 saturated heterocycles. The van der Waals surface area contributed by atoms with Crippen molar-refractivity contribution in [2.75, 3.05) is 11.5 Å². The summed E-state index contributed by atoms with van der Waals surface area (Å²) in [5.41, 5.74) is 2.03. The monoisotopic (exact) mass is 412 g/mol. The van der Waals surface area contributed by atoms with E-state index in [9.17, 15) is 9.59 Å². The first-order valence-electron chi connectivity index (χ1n) is 8.39. The Bertz CT molecular complexity index is 905. The lowest BCUT2D eigenvalue weighted by Crippen LogP contribution is -2.10. The summed E-state index contributed by atoms with van der Waals surface area (Å²) >= 11 is 9.02. The third kappa shape index (κ3) is 5.73. The lowest BCUT2D eigenvalue weighted by molar-refractivity contribution is -0.116.